The lowest BCUT2D eigenvalue weighted by atomic mass is 10.0. The lowest BCUT2D eigenvalue weighted by Gasteiger charge is -2.05. The van der Waals surface area contributed by atoms with Gasteiger partial charge in [0, 0.05) is 22.0 Å². The first kappa shape index (κ1) is 16.2. The first-order chi connectivity index (χ1) is 12.6. The van der Waals surface area contributed by atoms with E-state index in [1.807, 2.05) is 0 Å². The van der Waals surface area contributed by atoms with Gasteiger partial charge in [-0.3, -0.25) is 15.1 Å². The van der Waals surface area contributed by atoms with Crippen LogP contribution >= 0.6 is 11.6 Å². The molecule has 4 aromatic rings. The summed E-state index contributed by atoms with van der Waals surface area (Å²) >= 11 is 6.32. The maximum Gasteiger partial charge on any atom is 0.298 e. The van der Waals surface area contributed by atoms with Crippen molar-refractivity contribution in [3.8, 4) is 11.3 Å². The van der Waals surface area contributed by atoms with Crippen molar-refractivity contribution < 1.29 is 10.0 Å². The second-order valence-electron chi connectivity index (χ2n) is 5.50. The number of aromatic nitrogens is 4. The summed E-state index contributed by atoms with van der Waals surface area (Å²) in [5, 5.41) is 30.0. The number of benzene rings is 2. The number of hydrogen-bond donors (Lipinski definition) is 1. The van der Waals surface area contributed by atoms with Crippen molar-refractivity contribution in [2.24, 2.45) is 0 Å². The molecule has 2 aromatic heterocycles. The molecule has 0 spiro atoms. The Balaban J connectivity index is 2.24. The van der Waals surface area contributed by atoms with Crippen molar-refractivity contribution in [3.05, 3.63) is 63.6 Å². The van der Waals surface area contributed by atoms with Crippen LogP contribution in [0.3, 0.4) is 0 Å². The number of halogens is 1. The standard InChI is InChI=1S/C17H10ClN5O3/c18-13-4-2-1-3-10(13)16-11-5-14(23(25)26)17-12(7-20-22-17)15(11)19-6-9(8-24)21-16/h1-7,24H,8H2. The average molecular weight is 368 g/mol. The van der Waals surface area contributed by atoms with Gasteiger partial charge in [-0.05, 0) is 6.07 Å². The Bertz CT molecular complexity index is 1180. The van der Waals surface area contributed by atoms with E-state index in [0.29, 0.717) is 38.3 Å². The number of nitro groups is 1. The zero-order valence-electron chi connectivity index (χ0n) is 13.1. The van der Waals surface area contributed by atoms with E-state index < -0.39 is 4.92 Å². The van der Waals surface area contributed by atoms with Gasteiger partial charge in [-0.1, -0.05) is 29.8 Å². The molecule has 4 rings (SSSR count). The predicted octanol–water partition coefficient (Wildman–Crippen LogP) is 3.29. The predicted molar refractivity (Wildman–Crippen MR) is 95.7 cm³/mol. The summed E-state index contributed by atoms with van der Waals surface area (Å²) in [6.07, 6.45) is 2.84. The minimum atomic E-state index is -0.521. The molecule has 8 nitrogen and oxygen atoms in total. The quantitative estimate of drug-likeness (QED) is 0.436. The Morgan fingerprint density at radius 3 is 2.69 bits per heavy atom. The van der Waals surface area contributed by atoms with Gasteiger partial charge in [-0.25, -0.2) is 4.98 Å². The molecule has 2 aromatic carbocycles. The fourth-order valence-corrected chi connectivity index (χ4v) is 3.03. The maximum atomic E-state index is 11.5. The summed E-state index contributed by atoms with van der Waals surface area (Å²) in [6, 6.07) is 8.37. The first-order valence-electron chi connectivity index (χ1n) is 7.54. The van der Waals surface area contributed by atoms with Crippen molar-refractivity contribution in [2.75, 3.05) is 0 Å². The second-order valence-corrected chi connectivity index (χ2v) is 5.91. The fourth-order valence-electron chi connectivity index (χ4n) is 2.81. The Morgan fingerprint density at radius 1 is 1.15 bits per heavy atom. The molecule has 9 heteroatoms. The van der Waals surface area contributed by atoms with E-state index >= 15 is 0 Å². The van der Waals surface area contributed by atoms with Crippen LogP contribution in [-0.4, -0.2) is 30.2 Å². The van der Waals surface area contributed by atoms with Gasteiger partial charge in [0.25, 0.3) is 5.69 Å². The highest BCUT2D eigenvalue weighted by Crippen LogP contribution is 2.36. The highest BCUT2D eigenvalue weighted by atomic mass is 35.5. The van der Waals surface area contributed by atoms with Crippen molar-refractivity contribution in [2.45, 2.75) is 6.61 Å². The molecular weight excluding hydrogens is 358 g/mol. The van der Waals surface area contributed by atoms with E-state index in [-0.39, 0.29) is 17.8 Å². The zero-order chi connectivity index (χ0) is 18.3. The van der Waals surface area contributed by atoms with Gasteiger partial charge >= 0.3 is 0 Å². The SMILES string of the molecule is O=[N+]([O-])c1cc2c(-c3ccccc3Cl)nc(CO)cnc2c2cnnc12. The number of nitrogens with zero attached hydrogens (tertiary/aromatic N) is 5. The van der Waals surface area contributed by atoms with Gasteiger partial charge in [-0.2, -0.15) is 5.10 Å². The molecule has 0 atom stereocenters. The monoisotopic (exact) mass is 367 g/mol. The van der Waals surface area contributed by atoms with E-state index in [2.05, 4.69) is 20.2 Å². The number of rotatable bonds is 3. The van der Waals surface area contributed by atoms with Crippen LogP contribution in [0.25, 0.3) is 33.1 Å². The number of fused-ring (bicyclic) bond motifs is 3. The smallest absolute Gasteiger partial charge is 0.298 e. The molecule has 0 radical (unpaired) electrons. The van der Waals surface area contributed by atoms with Gasteiger partial charge < -0.3 is 5.11 Å². The Hall–Kier alpha value is -3.23. The van der Waals surface area contributed by atoms with E-state index in [9.17, 15) is 15.2 Å². The topological polar surface area (TPSA) is 115 Å². The molecule has 0 bridgehead atoms. The third-order valence-corrected chi connectivity index (χ3v) is 4.30. The molecular formula is C17H10ClN5O3. The summed E-state index contributed by atoms with van der Waals surface area (Å²) in [5.41, 5.74) is 1.67. The van der Waals surface area contributed by atoms with Crippen molar-refractivity contribution in [1.29, 1.82) is 0 Å². The van der Waals surface area contributed by atoms with E-state index in [1.165, 1.54) is 18.5 Å². The summed E-state index contributed by atoms with van der Waals surface area (Å²) < 4.78 is 0. The van der Waals surface area contributed by atoms with Crippen LogP contribution in [0.1, 0.15) is 5.69 Å². The number of aliphatic hydroxyl groups is 1. The number of hydrogen-bond acceptors (Lipinski definition) is 7. The minimum Gasteiger partial charge on any atom is -0.390 e. The van der Waals surface area contributed by atoms with Crippen molar-refractivity contribution >= 4 is 39.1 Å². The first-order valence-corrected chi connectivity index (χ1v) is 7.92. The zero-order valence-corrected chi connectivity index (χ0v) is 13.9. The Kier molecular flexibility index (Phi) is 3.90. The molecule has 0 amide bonds. The lowest BCUT2D eigenvalue weighted by molar-refractivity contribution is -0.383. The maximum absolute atomic E-state index is 11.5. The molecule has 0 fully saturated rings. The Morgan fingerprint density at radius 2 is 1.96 bits per heavy atom. The van der Waals surface area contributed by atoms with Gasteiger partial charge in [-0.15, -0.1) is 5.10 Å². The number of aliphatic hydroxyl groups excluding tert-OH is 1. The van der Waals surface area contributed by atoms with Gasteiger partial charge in [0.2, 0.25) is 0 Å². The summed E-state index contributed by atoms with van der Waals surface area (Å²) in [6.45, 7) is -0.339. The van der Waals surface area contributed by atoms with Crippen LogP contribution in [0.5, 0.6) is 0 Å². The van der Waals surface area contributed by atoms with Gasteiger partial charge in [0.15, 0.2) is 5.52 Å². The average Bonchev–Trinajstić information content (AvgIpc) is 3.04. The molecule has 0 saturated heterocycles. The third kappa shape index (κ3) is 2.52. The van der Waals surface area contributed by atoms with Crippen LogP contribution in [0, 0.1) is 10.1 Å². The highest BCUT2D eigenvalue weighted by molar-refractivity contribution is 6.33. The van der Waals surface area contributed by atoms with Crippen LogP contribution in [0.15, 0.2) is 42.7 Å². The van der Waals surface area contributed by atoms with E-state index in [4.69, 9.17) is 11.6 Å². The highest BCUT2D eigenvalue weighted by Gasteiger charge is 2.21. The van der Waals surface area contributed by atoms with Gasteiger partial charge in [0.05, 0.1) is 46.2 Å². The molecule has 0 aliphatic carbocycles. The van der Waals surface area contributed by atoms with Crippen LogP contribution in [0.2, 0.25) is 5.02 Å². The van der Waals surface area contributed by atoms with Crippen molar-refractivity contribution in [3.63, 3.8) is 0 Å². The number of nitro benzene ring substituents is 1. The third-order valence-electron chi connectivity index (χ3n) is 3.97. The lowest BCUT2D eigenvalue weighted by Crippen LogP contribution is -1.92. The summed E-state index contributed by atoms with van der Waals surface area (Å²) in [5.74, 6) is 0. The van der Waals surface area contributed by atoms with Gasteiger partial charge in [0.1, 0.15) is 0 Å². The molecule has 26 heavy (non-hydrogen) atoms. The van der Waals surface area contributed by atoms with Crippen LogP contribution < -0.4 is 0 Å². The molecule has 1 N–H and O–H groups in total. The minimum absolute atomic E-state index is 0.150. The van der Waals surface area contributed by atoms with Crippen LogP contribution in [0.4, 0.5) is 5.69 Å². The molecule has 0 saturated carbocycles. The second kappa shape index (κ2) is 6.25. The normalized spacial score (nSPS) is 11.2. The van der Waals surface area contributed by atoms with E-state index in [0.717, 1.165) is 0 Å². The molecule has 2 heterocycles. The molecule has 0 unspecified atom stereocenters. The molecule has 128 valence electrons. The molecule has 0 aliphatic heterocycles. The largest absolute Gasteiger partial charge is 0.390 e. The fraction of sp³-hybridized carbons (Fsp3) is 0.0588. The number of non-ortho nitro benzene ring substituents is 1. The Labute approximate surface area is 151 Å². The summed E-state index contributed by atoms with van der Waals surface area (Å²) in [4.78, 5) is 19.8. The molecule has 0 aliphatic rings. The van der Waals surface area contributed by atoms with Crippen molar-refractivity contribution in [1.82, 2.24) is 20.2 Å². The van der Waals surface area contributed by atoms with E-state index in [1.54, 1.807) is 24.3 Å². The summed E-state index contributed by atoms with van der Waals surface area (Å²) in [7, 11) is 0. The van der Waals surface area contributed by atoms with Crippen LogP contribution in [-0.2, 0) is 6.61 Å².